The number of phenols is 1. The molecule has 3 aromatic rings. The maximum Gasteiger partial charge on any atom is 0.267 e. The van der Waals surface area contributed by atoms with E-state index in [9.17, 15) is 23.1 Å². The lowest BCUT2D eigenvalue weighted by Gasteiger charge is -2.18. The number of thiazole rings is 1. The van der Waals surface area contributed by atoms with Gasteiger partial charge in [-0.15, -0.1) is 23.1 Å². The number of thioether (sulfide) groups is 1. The first-order valence-electron chi connectivity index (χ1n) is 10.4. The monoisotopic (exact) mass is 553 g/mol. The Morgan fingerprint density at radius 3 is 2.49 bits per heavy atom. The summed E-state index contributed by atoms with van der Waals surface area (Å²) in [4.78, 5) is 30.9. The van der Waals surface area contributed by atoms with E-state index in [0.29, 0.717) is 10.6 Å². The number of nitrogens with one attached hydrogen (secondary N) is 2. The van der Waals surface area contributed by atoms with Gasteiger partial charge in [0, 0.05) is 11.0 Å². The third kappa shape index (κ3) is 5.97. The number of rotatable bonds is 8. The summed E-state index contributed by atoms with van der Waals surface area (Å²) in [5.41, 5.74) is 0.620. The number of phenolic OH excluding ortho intramolecular Hbond substituents is 1. The van der Waals surface area contributed by atoms with E-state index < -0.39 is 26.9 Å². The Kier molecular flexibility index (Phi) is 8.47. The van der Waals surface area contributed by atoms with Crippen molar-refractivity contribution in [3.63, 3.8) is 0 Å². The normalized spacial score (nSPS) is 12.3. The molecule has 2 aromatic carbocycles. The molecule has 3 rings (SSSR count). The Morgan fingerprint density at radius 1 is 1.17 bits per heavy atom. The highest BCUT2D eigenvalue weighted by atomic mass is 35.5. The van der Waals surface area contributed by atoms with Gasteiger partial charge in [0.1, 0.15) is 15.9 Å². The number of aromatic hydroxyl groups is 1. The van der Waals surface area contributed by atoms with Crippen molar-refractivity contribution in [3.05, 3.63) is 57.0 Å². The molecular weight excluding hydrogens is 530 g/mol. The fraction of sp³-hybridized carbons (Fsp3) is 0.261. The van der Waals surface area contributed by atoms with E-state index in [2.05, 4.69) is 15.6 Å². The molecule has 0 aliphatic carbocycles. The number of aryl methyl sites for hydroxylation is 2. The van der Waals surface area contributed by atoms with Crippen LogP contribution in [0.15, 0.2) is 46.2 Å². The van der Waals surface area contributed by atoms with Crippen LogP contribution in [0.25, 0.3) is 0 Å². The van der Waals surface area contributed by atoms with Crippen LogP contribution >= 0.6 is 34.7 Å². The number of sulfone groups is 1. The molecule has 1 unspecified atom stereocenters. The number of carbonyl (C=O) groups excluding carboxylic acids is 2. The summed E-state index contributed by atoms with van der Waals surface area (Å²) in [5, 5.41) is 14.9. The topological polar surface area (TPSA) is 125 Å². The minimum Gasteiger partial charge on any atom is -0.506 e. The SMILES string of the molecule is CCC(C(=O)Nc1cc(O)c(NC(=O)c2sc(C)nc2C)cc1Cl)S(=O)(=O)c1cccc(SC)c1. The number of hydrogen-bond acceptors (Lipinski definition) is 8. The molecule has 1 aromatic heterocycles. The van der Waals surface area contributed by atoms with E-state index in [1.54, 1.807) is 32.9 Å². The number of nitrogens with zero attached hydrogens (tertiary/aromatic N) is 1. The standard InChI is InChI=1S/C23H24ClN3O5S3/c1-5-20(35(31,32)15-8-6-7-14(9-15)33-4)22(29)26-17-11-19(28)18(10-16(17)24)27-23(30)21-12(2)25-13(3)34-21/h6-11,20,28H,5H2,1-4H3,(H,26,29)(H,27,30). The molecule has 12 heteroatoms. The number of benzene rings is 2. The summed E-state index contributed by atoms with van der Waals surface area (Å²) in [6.07, 6.45) is 1.86. The van der Waals surface area contributed by atoms with Crippen molar-refractivity contribution in [1.82, 2.24) is 4.98 Å². The van der Waals surface area contributed by atoms with Gasteiger partial charge in [0.25, 0.3) is 5.91 Å². The van der Waals surface area contributed by atoms with Crippen LogP contribution in [0.5, 0.6) is 5.75 Å². The summed E-state index contributed by atoms with van der Waals surface area (Å²) < 4.78 is 26.3. The Bertz CT molecular complexity index is 1390. The summed E-state index contributed by atoms with van der Waals surface area (Å²) in [7, 11) is -3.98. The molecule has 0 aliphatic heterocycles. The van der Waals surface area contributed by atoms with Crippen LogP contribution in [0.3, 0.4) is 0 Å². The van der Waals surface area contributed by atoms with E-state index in [-0.39, 0.29) is 33.5 Å². The number of amides is 2. The lowest BCUT2D eigenvalue weighted by Crippen LogP contribution is -2.34. The molecule has 3 N–H and O–H groups in total. The molecule has 0 radical (unpaired) electrons. The minimum absolute atomic E-state index is 0.0142. The van der Waals surface area contributed by atoms with Crippen LogP contribution in [-0.4, -0.2) is 41.8 Å². The summed E-state index contributed by atoms with van der Waals surface area (Å²) in [6.45, 7) is 5.09. The van der Waals surface area contributed by atoms with Crippen LogP contribution in [0.1, 0.15) is 33.7 Å². The van der Waals surface area contributed by atoms with Gasteiger partial charge in [-0.1, -0.05) is 24.6 Å². The number of halogens is 1. The highest BCUT2D eigenvalue weighted by Crippen LogP contribution is 2.35. The molecule has 0 spiro atoms. The van der Waals surface area contributed by atoms with E-state index in [1.807, 2.05) is 6.26 Å². The van der Waals surface area contributed by atoms with Gasteiger partial charge in [0.15, 0.2) is 9.84 Å². The third-order valence-electron chi connectivity index (χ3n) is 5.11. The average Bonchev–Trinajstić information content (AvgIpc) is 3.15. The molecule has 186 valence electrons. The first-order valence-corrected chi connectivity index (χ1v) is 14.4. The Hall–Kier alpha value is -2.60. The number of aromatic nitrogens is 1. The molecular formula is C23H24ClN3O5S3. The molecule has 0 saturated carbocycles. The summed E-state index contributed by atoms with van der Waals surface area (Å²) in [5.74, 6) is -1.59. The van der Waals surface area contributed by atoms with Crippen molar-refractivity contribution < 1.29 is 23.1 Å². The Labute approximate surface area is 217 Å². The maximum atomic E-state index is 13.2. The van der Waals surface area contributed by atoms with Crippen LogP contribution in [0.4, 0.5) is 11.4 Å². The average molecular weight is 554 g/mol. The first-order chi connectivity index (χ1) is 16.5. The second-order valence-electron chi connectivity index (χ2n) is 7.56. The van der Waals surface area contributed by atoms with Gasteiger partial charge in [0.05, 0.1) is 32.0 Å². The van der Waals surface area contributed by atoms with E-state index >= 15 is 0 Å². The maximum absolute atomic E-state index is 13.2. The Morgan fingerprint density at radius 2 is 1.89 bits per heavy atom. The molecule has 1 atom stereocenters. The van der Waals surface area contributed by atoms with Crippen molar-refractivity contribution >= 4 is 67.7 Å². The lowest BCUT2D eigenvalue weighted by molar-refractivity contribution is -0.115. The zero-order chi connectivity index (χ0) is 25.9. The third-order valence-corrected chi connectivity index (χ3v) is 9.43. The van der Waals surface area contributed by atoms with Gasteiger partial charge in [-0.25, -0.2) is 13.4 Å². The molecule has 8 nitrogen and oxygen atoms in total. The van der Waals surface area contributed by atoms with Crippen LogP contribution in [0.2, 0.25) is 5.02 Å². The van der Waals surface area contributed by atoms with Crippen LogP contribution in [-0.2, 0) is 14.6 Å². The zero-order valence-corrected chi connectivity index (χ0v) is 22.6. The number of carbonyl (C=O) groups is 2. The van der Waals surface area contributed by atoms with Crippen molar-refractivity contribution in [2.75, 3.05) is 16.9 Å². The highest BCUT2D eigenvalue weighted by Gasteiger charge is 2.33. The molecule has 1 heterocycles. The van der Waals surface area contributed by atoms with Crippen molar-refractivity contribution in [2.24, 2.45) is 0 Å². The van der Waals surface area contributed by atoms with Crippen LogP contribution in [0, 0.1) is 13.8 Å². The molecule has 0 fully saturated rings. The fourth-order valence-electron chi connectivity index (χ4n) is 3.38. The fourth-order valence-corrected chi connectivity index (χ4v) is 6.61. The van der Waals surface area contributed by atoms with Gasteiger partial charge in [0.2, 0.25) is 5.91 Å². The minimum atomic E-state index is -3.98. The molecule has 0 aliphatic rings. The second-order valence-corrected chi connectivity index (χ2v) is 12.2. The largest absolute Gasteiger partial charge is 0.506 e. The quantitative estimate of drug-likeness (QED) is 0.256. The summed E-state index contributed by atoms with van der Waals surface area (Å²) >= 11 is 8.90. The smallest absolute Gasteiger partial charge is 0.267 e. The molecule has 2 amide bonds. The van der Waals surface area contributed by atoms with Crippen molar-refractivity contribution in [3.8, 4) is 5.75 Å². The van der Waals surface area contributed by atoms with Crippen molar-refractivity contribution in [1.29, 1.82) is 0 Å². The number of hydrogen-bond donors (Lipinski definition) is 3. The zero-order valence-electron chi connectivity index (χ0n) is 19.4. The van der Waals surface area contributed by atoms with E-state index in [1.165, 1.54) is 41.3 Å². The molecule has 0 bridgehead atoms. The summed E-state index contributed by atoms with van der Waals surface area (Å²) in [6, 6.07) is 8.83. The van der Waals surface area contributed by atoms with Crippen LogP contribution < -0.4 is 10.6 Å². The van der Waals surface area contributed by atoms with E-state index in [4.69, 9.17) is 11.6 Å². The molecule has 35 heavy (non-hydrogen) atoms. The van der Waals surface area contributed by atoms with Crippen molar-refractivity contribution in [2.45, 2.75) is 42.2 Å². The number of anilines is 2. The van der Waals surface area contributed by atoms with Gasteiger partial charge >= 0.3 is 0 Å². The highest BCUT2D eigenvalue weighted by molar-refractivity contribution is 7.98. The van der Waals surface area contributed by atoms with E-state index in [0.717, 1.165) is 16.0 Å². The predicted molar refractivity (Wildman–Crippen MR) is 141 cm³/mol. The second kappa shape index (κ2) is 11.0. The van der Waals surface area contributed by atoms with Gasteiger partial charge in [-0.2, -0.15) is 0 Å². The van der Waals surface area contributed by atoms with Gasteiger partial charge in [-0.3, -0.25) is 9.59 Å². The first kappa shape index (κ1) is 27.0. The van der Waals surface area contributed by atoms with Gasteiger partial charge < -0.3 is 15.7 Å². The molecule has 0 saturated heterocycles. The lowest BCUT2D eigenvalue weighted by atomic mass is 10.2. The Balaban J connectivity index is 1.82. The predicted octanol–water partition coefficient (Wildman–Crippen LogP) is 5.28. The van der Waals surface area contributed by atoms with Gasteiger partial charge in [-0.05, 0) is 50.8 Å².